The fourth-order valence-electron chi connectivity index (χ4n) is 4.45. The molecular formula is C31H31ClN2O4. The Labute approximate surface area is 228 Å². The molecular weight excluding hydrogens is 500 g/mol. The molecule has 0 bridgehead atoms. The second kappa shape index (κ2) is 12.1. The molecule has 0 unspecified atom stereocenters. The number of aromatic carboxylic acids is 1. The van der Waals surface area contributed by atoms with Gasteiger partial charge in [0.1, 0.15) is 11.8 Å². The van der Waals surface area contributed by atoms with E-state index in [0.717, 1.165) is 21.9 Å². The highest BCUT2D eigenvalue weighted by Gasteiger charge is 2.26. The maximum atomic E-state index is 11.6. The Bertz CT molecular complexity index is 1490. The third-order valence-corrected chi connectivity index (χ3v) is 6.42. The number of aliphatic hydroxyl groups excluding tert-OH is 1. The van der Waals surface area contributed by atoms with E-state index in [1.807, 2.05) is 44.2 Å². The molecule has 0 saturated heterocycles. The van der Waals surface area contributed by atoms with Gasteiger partial charge in [-0.05, 0) is 84.0 Å². The molecule has 38 heavy (non-hydrogen) atoms. The molecule has 0 aromatic heterocycles. The Hall–Kier alpha value is -3.89. The number of fused-ring (bicyclic) bond motifs is 1. The van der Waals surface area contributed by atoms with Gasteiger partial charge in [-0.25, -0.2) is 4.79 Å². The van der Waals surface area contributed by atoms with Crippen molar-refractivity contribution in [2.24, 2.45) is 5.73 Å². The van der Waals surface area contributed by atoms with E-state index in [4.69, 9.17) is 10.5 Å². The Morgan fingerprint density at radius 2 is 1.68 bits per heavy atom. The summed E-state index contributed by atoms with van der Waals surface area (Å²) >= 11 is 0. The molecule has 0 saturated carbocycles. The number of nitrogens with zero attached hydrogens (tertiary/aromatic N) is 1. The number of aliphatic hydroxyl groups is 1. The first kappa shape index (κ1) is 28.7. The summed E-state index contributed by atoms with van der Waals surface area (Å²) in [7, 11) is 0. The van der Waals surface area contributed by atoms with E-state index < -0.39 is 17.6 Å². The average molecular weight is 531 g/mol. The molecule has 0 spiro atoms. The van der Waals surface area contributed by atoms with E-state index in [2.05, 4.69) is 12.1 Å². The summed E-state index contributed by atoms with van der Waals surface area (Å²) in [6, 6.07) is 26.1. The van der Waals surface area contributed by atoms with Crippen molar-refractivity contribution in [1.29, 1.82) is 5.26 Å². The average Bonchev–Trinajstić information content (AvgIpc) is 2.89. The minimum Gasteiger partial charge on any atom is -0.492 e. The van der Waals surface area contributed by atoms with Crippen molar-refractivity contribution in [3.63, 3.8) is 0 Å². The fourth-order valence-corrected chi connectivity index (χ4v) is 4.45. The number of halogens is 1. The highest BCUT2D eigenvalue weighted by Crippen LogP contribution is 2.32. The second-order valence-electron chi connectivity index (χ2n) is 9.75. The maximum absolute atomic E-state index is 11.6. The van der Waals surface area contributed by atoms with Gasteiger partial charge in [0.15, 0.2) is 0 Å². The Balaban J connectivity index is 0.00000400. The number of carboxylic acid groups (broad SMARTS) is 1. The van der Waals surface area contributed by atoms with Gasteiger partial charge < -0.3 is 20.7 Å². The number of hydrogen-bond donors (Lipinski definition) is 3. The number of hydrogen-bond acceptors (Lipinski definition) is 5. The number of aryl methyl sites for hydroxylation is 1. The third-order valence-electron chi connectivity index (χ3n) is 6.42. The van der Waals surface area contributed by atoms with Gasteiger partial charge in [0.05, 0.1) is 23.8 Å². The van der Waals surface area contributed by atoms with E-state index in [1.54, 1.807) is 36.4 Å². The molecule has 0 radical (unpaired) electrons. The standard InChI is InChI=1S/C31H30N2O4.ClH/c1-31(2,33)29(34)27-18-21-9-4-3-8-20(21)16-22(27)10-7-15-37-28-14-13-23(17-24(28)19-32)25-11-5-6-12-26(25)30(35)36;/h3-6,8-9,11-14,16-18,29,34H,7,10,15,33H2,1-2H3,(H,35,36);1H/t29-;/m1./s1. The van der Waals surface area contributed by atoms with Crippen molar-refractivity contribution in [2.45, 2.75) is 38.3 Å². The summed E-state index contributed by atoms with van der Waals surface area (Å²) in [5.74, 6) is -0.577. The first-order valence-corrected chi connectivity index (χ1v) is 12.2. The molecule has 0 heterocycles. The smallest absolute Gasteiger partial charge is 0.336 e. The van der Waals surface area contributed by atoms with Crippen LogP contribution < -0.4 is 10.5 Å². The van der Waals surface area contributed by atoms with Crippen molar-refractivity contribution < 1.29 is 19.7 Å². The summed E-state index contributed by atoms with van der Waals surface area (Å²) in [5, 5.41) is 32.3. The molecule has 6 nitrogen and oxygen atoms in total. The quantitative estimate of drug-likeness (QED) is 0.219. The number of ether oxygens (including phenoxy) is 1. The van der Waals surface area contributed by atoms with Crippen LogP contribution in [0.5, 0.6) is 5.75 Å². The predicted molar refractivity (Wildman–Crippen MR) is 152 cm³/mol. The van der Waals surface area contributed by atoms with Crippen LogP contribution in [0, 0.1) is 11.3 Å². The maximum Gasteiger partial charge on any atom is 0.336 e. The zero-order valence-electron chi connectivity index (χ0n) is 21.3. The van der Waals surface area contributed by atoms with E-state index >= 15 is 0 Å². The summed E-state index contributed by atoms with van der Waals surface area (Å²) in [6.45, 7) is 3.98. The molecule has 0 aliphatic heterocycles. The van der Waals surface area contributed by atoms with E-state index in [9.17, 15) is 20.3 Å². The normalized spacial score (nSPS) is 11.9. The second-order valence-corrected chi connectivity index (χ2v) is 9.75. The van der Waals surface area contributed by atoms with Gasteiger partial charge in [0.25, 0.3) is 0 Å². The van der Waals surface area contributed by atoms with Crippen LogP contribution in [0.25, 0.3) is 21.9 Å². The summed E-state index contributed by atoms with van der Waals surface area (Å²) < 4.78 is 5.95. The highest BCUT2D eigenvalue weighted by molar-refractivity contribution is 5.96. The third kappa shape index (κ3) is 6.32. The van der Waals surface area contributed by atoms with E-state index in [-0.39, 0.29) is 18.0 Å². The minimum absolute atomic E-state index is 0. The van der Waals surface area contributed by atoms with Crippen LogP contribution >= 0.6 is 12.4 Å². The Morgan fingerprint density at radius 3 is 2.34 bits per heavy atom. The fraction of sp³-hybridized carbons (Fsp3) is 0.226. The molecule has 4 aromatic carbocycles. The molecule has 0 aliphatic carbocycles. The first-order chi connectivity index (χ1) is 17.7. The van der Waals surface area contributed by atoms with E-state index in [0.29, 0.717) is 41.9 Å². The number of carboxylic acids is 1. The lowest BCUT2D eigenvalue weighted by Gasteiger charge is -2.28. The zero-order chi connectivity index (χ0) is 26.6. The lowest BCUT2D eigenvalue weighted by Crippen LogP contribution is -2.39. The largest absolute Gasteiger partial charge is 0.492 e. The molecule has 196 valence electrons. The number of carbonyl (C=O) groups is 1. The number of benzene rings is 4. The van der Waals surface area contributed by atoms with Crippen LogP contribution in [0.15, 0.2) is 78.9 Å². The highest BCUT2D eigenvalue weighted by atomic mass is 35.5. The van der Waals surface area contributed by atoms with Crippen LogP contribution in [-0.4, -0.2) is 28.3 Å². The van der Waals surface area contributed by atoms with Crippen molar-refractivity contribution in [1.82, 2.24) is 0 Å². The van der Waals surface area contributed by atoms with Gasteiger partial charge in [-0.1, -0.05) is 54.6 Å². The van der Waals surface area contributed by atoms with Crippen LogP contribution in [0.2, 0.25) is 0 Å². The van der Waals surface area contributed by atoms with Gasteiger partial charge in [-0.3, -0.25) is 0 Å². The van der Waals surface area contributed by atoms with Gasteiger partial charge in [-0.2, -0.15) is 5.26 Å². The first-order valence-electron chi connectivity index (χ1n) is 12.2. The molecule has 4 aromatic rings. The number of nitriles is 1. The van der Waals surface area contributed by atoms with Crippen LogP contribution in [0.3, 0.4) is 0 Å². The van der Waals surface area contributed by atoms with Crippen molar-refractivity contribution in [3.8, 4) is 22.9 Å². The van der Waals surface area contributed by atoms with Gasteiger partial charge in [-0.15, -0.1) is 12.4 Å². The molecule has 0 aliphatic rings. The lowest BCUT2D eigenvalue weighted by atomic mass is 9.86. The monoisotopic (exact) mass is 530 g/mol. The molecule has 0 fully saturated rings. The molecule has 4 N–H and O–H groups in total. The van der Waals surface area contributed by atoms with Crippen LogP contribution in [0.4, 0.5) is 0 Å². The topological polar surface area (TPSA) is 117 Å². The van der Waals surface area contributed by atoms with Crippen molar-refractivity contribution in [3.05, 3.63) is 101 Å². The molecule has 4 rings (SSSR count). The predicted octanol–water partition coefficient (Wildman–Crippen LogP) is 6.28. The summed E-state index contributed by atoms with van der Waals surface area (Å²) in [6.07, 6.45) is 0.510. The molecule has 0 amide bonds. The Morgan fingerprint density at radius 1 is 1.03 bits per heavy atom. The van der Waals surface area contributed by atoms with Gasteiger partial charge >= 0.3 is 5.97 Å². The zero-order valence-corrected chi connectivity index (χ0v) is 22.2. The van der Waals surface area contributed by atoms with Crippen LogP contribution in [-0.2, 0) is 6.42 Å². The Kier molecular flexibility index (Phi) is 9.13. The SMILES string of the molecule is CC(C)(N)[C@H](O)c1cc2ccccc2cc1CCCOc1ccc(-c2ccccc2C(=O)O)cc1C#N.Cl. The molecule has 7 heteroatoms. The van der Waals surface area contributed by atoms with Crippen LogP contribution in [0.1, 0.15) is 53.4 Å². The lowest BCUT2D eigenvalue weighted by molar-refractivity contribution is 0.0697. The molecule has 1 atom stereocenters. The van der Waals surface area contributed by atoms with Gasteiger partial charge in [0.2, 0.25) is 0 Å². The minimum atomic E-state index is -1.02. The summed E-state index contributed by atoms with van der Waals surface area (Å²) in [4.78, 5) is 11.6. The summed E-state index contributed by atoms with van der Waals surface area (Å²) in [5.41, 5.74) is 8.95. The van der Waals surface area contributed by atoms with E-state index in [1.165, 1.54) is 6.07 Å². The van der Waals surface area contributed by atoms with Crippen molar-refractivity contribution >= 4 is 29.1 Å². The number of nitrogens with two attached hydrogens (primary N) is 1. The van der Waals surface area contributed by atoms with Crippen molar-refractivity contribution in [2.75, 3.05) is 6.61 Å². The van der Waals surface area contributed by atoms with Gasteiger partial charge in [0, 0.05) is 5.54 Å². The number of rotatable bonds is 9.